The van der Waals surface area contributed by atoms with Crippen LogP contribution in [0.4, 0.5) is 30.3 Å². The van der Waals surface area contributed by atoms with Crippen LogP contribution in [-0.4, -0.2) is 127 Å². The minimum atomic E-state index is -4.12. The Morgan fingerprint density at radius 3 is 1.46 bits per heavy atom. The van der Waals surface area contributed by atoms with Gasteiger partial charge in [-0.1, -0.05) is 36.4 Å². The van der Waals surface area contributed by atoms with Gasteiger partial charge in [0.2, 0.25) is 23.7 Å². The highest BCUT2D eigenvalue weighted by Gasteiger charge is 2.66. The fourth-order valence-corrected chi connectivity index (χ4v) is 12.7. The number of anilines is 2. The molecule has 0 amide bonds. The van der Waals surface area contributed by atoms with Crippen LogP contribution in [0.15, 0.2) is 61.2 Å². The number of carbonyl (C=O) groups is 2. The molecule has 0 unspecified atom stereocenters. The van der Waals surface area contributed by atoms with Crippen LogP contribution < -0.4 is 20.9 Å². The number of fused-ring (bicyclic) bond motifs is 4. The van der Waals surface area contributed by atoms with E-state index in [-0.39, 0.29) is 85.3 Å². The molecule has 12 rings (SSSR count). The molecule has 6 saturated heterocycles. The summed E-state index contributed by atoms with van der Waals surface area (Å²) in [4.78, 5) is 49.8. The van der Waals surface area contributed by atoms with Crippen molar-refractivity contribution in [3.8, 4) is 11.8 Å². The highest BCUT2D eigenvalue weighted by Crippen LogP contribution is 2.60. The maximum absolute atomic E-state index is 14.3. The van der Waals surface area contributed by atoms with Gasteiger partial charge in [0.1, 0.15) is 23.8 Å². The lowest BCUT2D eigenvalue weighted by Gasteiger charge is -2.30. The third kappa shape index (κ3) is 9.83. The summed E-state index contributed by atoms with van der Waals surface area (Å²) in [7, 11) is -8.24. The van der Waals surface area contributed by atoms with Gasteiger partial charge in [-0.2, -0.15) is 19.9 Å². The van der Waals surface area contributed by atoms with Crippen molar-refractivity contribution in [1.82, 2.24) is 39.0 Å². The number of imidazole rings is 2. The summed E-state index contributed by atoms with van der Waals surface area (Å²) in [6.45, 7) is 6.80. The van der Waals surface area contributed by atoms with Gasteiger partial charge in [-0.25, -0.2) is 37.5 Å². The van der Waals surface area contributed by atoms with Crippen LogP contribution in [0.1, 0.15) is 76.3 Å². The molecule has 416 valence electrons. The lowest BCUT2D eigenvalue weighted by Crippen LogP contribution is -2.42. The SMILES string of the molecule is CCOc1nc(N)nc2c1ncn2[C@@H]1O[C@H](CO[P@@]2(=O)OCC[C@@H](c3ccccc3F)O2)[C@H]2OC(=O)O[C@]21C.CCOc1nc(N)nc2c1ncn2[C@@H]1O[C@H](CO[P@]2(=O)OCC[C@H](c3ccccc3F)O2)[C@H]2OC(=O)O[C@]21C. The Labute approximate surface area is 440 Å². The lowest BCUT2D eigenvalue weighted by atomic mass is 9.96. The zero-order valence-electron chi connectivity index (χ0n) is 41.8. The van der Waals surface area contributed by atoms with E-state index in [1.165, 1.54) is 33.9 Å². The number of rotatable bonds is 14. The highest BCUT2D eigenvalue weighted by atomic mass is 31.2. The van der Waals surface area contributed by atoms with Crippen molar-refractivity contribution in [2.75, 3.05) is 51.1 Å². The number of phosphoric acid groups is 2. The third-order valence-corrected chi connectivity index (χ3v) is 16.4. The molecule has 10 heterocycles. The molecule has 4 N–H and O–H groups in total. The molecular weight excluding hydrogens is 1080 g/mol. The molecule has 4 aromatic heterocycles. The molecule has 12 atom stereocenters. The van der Waals surface area contributed by atoms with Crippen LogP contribution in [0.25, 0.3) is 22.3 Å². The van der Waals surface area contributed by atoms with Gasteiger partial charge in [0, 0.05) is 24.0 Å². The van der Waals surface area contributed by atoms with Crippen LogP contribution in [0.2, 0.25) is 0 Å². The molecule has 0 aliphatic carbocycles. The van der Waals surface area contributed by atoms with E-state index < -0.39 is 99.9 Å². The molecule has 32 heteroatoms. The number of nitrogens with two attached hydrogens (primary N) is 2. The number of nitrogen functional groups attached to an aromatic ring is 2. The molecule has 28 nitrogen and oxygen atoms in total. The number of carbonyl (C=O) groups excluding carboxylic acids is 2. The number of ether oxygens (including phenoxy) is 8. The summed E-state index contributed by atoms with van der Waals surface area (Å²) < 4.78 is 137. The Kier molecular flexibility index (Phi) is 14.2. The molecule has 0 radical (unpaired) electrons. The Morgan fingerprint density at radius 2 is 1.06 bits per heavy atom. The van der Waals surface area contributed by atoms with E-state index in [4.69, 9.17) is 76.5 Å². The minimum absolute atomic E-state index is 0.0218. The molecule has 0 spiro atoms. The molecule has 2 aromatic carbocycles. The van der Waals surface area contributed by atoms with Crippen molar-refractivity contribution in [2.45, 2.75) is 101 Å². The van der Waals surface area contributed by atoms with Crippen LogP contribution in [-0.2, 0) is 64.7 Å². The molecule has 6 fully saturated rings. The summed E-state index contributed by atoms with van der Waals surface area (Å²) in [6, 6.07) is 12.1. The second-order valence-electron chi connectivity index (χ2n) is 18.5. The Morgan fingerprint density at radius 1 is 0.654 bits per heavy atom. The number of halogens is 2. The number of benzene rings is 2. The van der Waals surface area contributed by atoms with E-state index in [9.17, 15) is 27.5 Å². The fourth-order valence-electron chi connectivity index (χ4n) is 9.93. The summed E-state index contributed by atoms with van der Waals surface area (Å²) in [5.74, 6) is -0.720. The quantitative estimate of drug-likeness (QED) is 0.0828. The lowest BCUT2D eigenvalue weighted by molar-refractivity contribution is -0.0928. The predicted molar refractivity (Wildman–Crippen MR) is 258 cm³/mol. The van der Waals surface area contributed by atoms with Crippen molar-refractivity contribution >= 4 is 62.2 Å². The summed E-state index contributed by atoms with van der Waals surface area (Å²) in [5, 5.41) is 0. The largest absolute Gasteiger partial charge is 0.509 e. The average molecular weight is 1130 g/mol. The van der Waals surface area contributed by atoms with Crippen LogP contribution in [0.5, 0.6) is 11.8 Å². The van der Waals surface area contributed by atoms with Crippen molar-refractivity contribution in [3.63, 3.8) is 0 Å². The third-order valence-electron chi connectivity index (χ3n) is 13.4. The summed E-state index contributed by atoms with van der Waals surface area (Å²) >= 11 is 0. The molecule has 0 bridgehead atoms. The van der Waals surface area contributed by atoms with Crippen molar-refractivity contribution in [2.24, 2.45) is 0 Å². The van der Waals surface area contributed by atoms with Gasteiger partial charge in [0.25, 0.3) is 0 Å². The van der Waals surface area contributed by atoms with Crippen LogP contribution in [0.3, 0.4) is 0 Å². The van der Waals surface area contributed by atoms with E-state index in [1.54, 1.807) is 64.1 Å². The highest BCUT2D eigenvalue weighted by molar-refractivity contribution is 7.48. The van der Waals surface area contributed by atoms with Crippen molar-refractivity contribution in [3.05, 3.63) is 83.9 Å². The zero-order chi connectivity index (χ0) is 54.7. The first-order chi connectivity index (χ1) is 37.4. The van der Waals surface area contributed by atoms with E-state index in [0.717, 1.165) is 0 Å². The molecule has 6 aromatic rings. The topological polar surface area (TPSA) is 337 Å². The Balaban J connectivity index is 0.000000165. The van der Waals surface area contributed by atoms with Gasteiger partial charge in [0.05, 0.1) is 64.5 Å². The normalized spacial score (nSPS) is 32.1. The first-order valence-corrected chi connectivity index (χ1v) is 27.3. The average Bonchev–Trinajstić information content (AvgIpc) is 4.36. The molecule has 6 aliphatic rings. The van der Waals surface area contributed by atoms with E-state index in [0.29, 0.717) is 24.2 Å². The zero-order valence-corrected chi connectivity index (χ0v) is 43.6. The Hall–Kier alpha value is -6.72. The second-order valence-corrected chi connectivity index (χ2v) is 21.7. The minimum Gasteiger partial charge on any atom is -0.476 e. The smallest absolute Gasteiger partial charge is 0.476 e. The molecule has 0 saturated carbocycles. The van der Waals surface area contributed by atoms with Crippen LogP contribution in [0, 0.1) is 11.6 Å². The fraction of sp³-hybridized carbons (Fsp3) is 0.478. The van der Waals surface area contributed by atoms with E-state index in [1.807, 2.05) is 0 Å². The summed E-state index contributed by atoms with van der Waals surface area (Å²) in [6.07, 6.45) is -5.88. The maximum Gasteiger partial charge on any atom is 0.509 e. The van der Waals surface area contributed by atoms with Crippen LogP contribution >= 0.6 is 15.6 Å². The number of phosphoric ester groups is 2. The molecule has 78 heavy (non-hydrogen) atoms. The van der Waals surface area contributed by atoms with Crippen molar-refractivity contribution in [1.29, 1.82) is 0 Å². The maximum atomic E-state index is 14.3. The van der Waals surface area contributed by atoms with Gasteiger partial charge in [0.15, 0.2) is 58.2 Å². The van der Waals surface area contributed by atoms with Crippen molar-refractivity contribution < 1.29 is 92.5 Å². The first-order valence-electron chi connectivity index (χ1n) is 24.4. The first kappa shape index (κ1) is 53.3. The van der Waals surface area contributed by atoms with Gasteiger partial charge >= 0.3 is 28.0 Å². The monoisotopic (exact) mass is 1130 g/mol. The molecule has 6 aliphatic heterocycles. The predicted octanol–water partition coefficient (Wildman–Crippen LogP) is 6.88. The van der Waals surface area contributed by atoms with E-state index in [2.05, 4.69) is 29.9 Å². The number of hydrogen-bond acceptors (Lipinski definition) is 26. The number of nitrogens with zero attached hydrogens (tertiary/aromatic N) is 8. The van der Waals surface area contributed by atoms with Gasteiger partial charge in [-0.05, 0) is 39.8 Å². The van der Waals surface area contributed by atoms with Gasteiger partial charge in [-0.15, -0.1) is 0 Å². The standard InChI is InChI=1S/2C23H25FN5O9P/c2*1-3-32-19-16-18(27-21(25)28-19)29(11-26-16)20-23(2)17(36-22(30)37-23)15(35-20)10-34-39(31)33-9-8-14(38-39)12-6-4-5-7-13(12)24/h2*4-7,11,14-15,17,20H,3,8-10H2,1-2H3,(H2,25,27,28)/t14-,15+,17+,20+,23+,39+;14-,15-,17-,20-,23-,39+/m01/s1. The van der Waals surface area contributed by atoms with Gasteiger partial charge in [-0.3, -0.25) is 36.3 Å². The van der Waals surface area contributed by atoms with Gasteiger partial charge < -0.3 is 49.4 Å². The second kappa shape index (κ2) is 20.8. The summed E-state index contributed by atoms with van der Waals surface area (Å²) in [5.41, 5.74) is 10.8. The molecular formula is C46H50F2N10O18P2. The number of hydrogen-bond donors (Lipinski definition) is 2. The van der Waals surface area contributed by atoms with E-state index >= 15 is 0 Å². The Bertz CT molecular complexity index is 3160. The number of aromatic nitrogens is 8.